The van der Waals surface area contributed by atoms with E-state index in [-0.39, 0.29) is 17.9 Å². The van der Waals surface area contributed by atoms with Crippen molar-refractivity contribution in [1.29, 1.82) is 0 Å². The Kier molecular flexibility index (Phi) is 5.12. The zero-order valence-electron chi connectivity index (χ0n) is 14.7. The number of carbonyl (C=O) groups excluding carboxylic acids is 2. The van der Waals surface area contributed by atoms with Crippen molar-refractivity contribution >= 4 is 11.8 Å². The van der Waals surface area contributed by atoms with Crippen LogP contribution in [0.4, 0.5) is 0 Å². The van der Waals surface area contributed by atoms with Crippen LogP contribution in [0.5, 0.6) is 0 Å². The molecule has 25 heavy (non-hydrogen) atoms. The van der Waals surface area contributed by atoms with Gasteiger partial charge in [0.15, 0.2) is 0 Å². The van der Waals surface area contributed by atoms with Crippen molar-refractivity contribution in [2.75, 3.05) is 6.54 Å². The van der Waals surface area contributed by atoms with E-state index in [1.165, 1.54) is 6.92 Å². The lowest BCUT2D eigenvalue weighted by molar-refractivity contribution is -0.119. The normalized spacial score (nSPS) is 16.7. The molecule has 1 saturated heterocycles. The summed E-state index contributed by atoms with van der Waals surface area (Å²) in [5.41, 5.74) is 3.50. The Hall–Kier alpha value is -2.69. The lowest BCUT2D eigenvalue weighted by Crippen LogP contribution is -2.31. The maximum Gasteiger partial charge on any atom is 0.254 e. The highest BCUT2D eigenvalue weighted by Gasteiger charge is 2.31. The third kappa shape index (κ3) is 4.05. The predicted octanol–water partition coefficient (Wildman–Crippen LogP) is 3.00. The molecule has 1 aliphatic heterocycles. The summed E-state index contributed by atoms with van der Waals surface area (Å²) in [6.45, 7) is 4.63. The Morgan fingerprint density at radius 2 is 2.04 bits per heavy atom. The van der Waals surface area contributed by atoms with E-state index in [4.69, 9.17) is 0 Å². The highest BCUT2D eigenvalue weighted by Crippen LogP contribution is 2.32. The van der Waals surface area contributed by atoms with Gasteiger partial charge in [0.1, 0.15) is 0 Å². The van der Waals surface area contributed by atoms with Crippen LogP contribution in [0.2, 0.25) is 0 Å². The van der Waals surface area contributed by atoms with Crippen LogP contribution in [-0.2, 0) is 11.3 Å². The molecule has 1 unspecified atom stereocenters. The van der Waals surface area contributed by atoms with Gasteiger partial charge in [-0.25, -0.2) is 0 Å². The van der Waals surface area contributed by atoms with Gasteiger partial charge in [0.05, 0.1) is 24.0 Å². The van der Waals surface area contributed by atoms with Gasteiger partial charge in [0.25, 0.3) is 5.91 Å². The molecule has 0 bridgehead atoms. The van der Waals surface area contributed by atoms with Gasteiger partial charge in [-0.15, -0.1) is 0 Å². The molecule has 0 spiro atoms. The Morgan fingerprint density at radius 3 is 2.80 bits per heavy atom. The molecular formula is C20H23N3O2. The van der Waals surface area contributed by atoms with Crippen molar-refractivity contribution in [2.24, 2.45) is 0 Å². The second kappa shape index (κ2) is 7.47. The minimum absolute atomic E-state index is 0.00899. The van der Waals surface area contributed by atoms with E-state index in [2.05, 4.69) is 10.3 Å². The van der Waals surface area contributed by atoms with Gasteiger partial charge in [-0.1, -0.05) is 23.8 Å². The second-order valence-corrected chi connectivity index (χ2v) is 6.49. The van der Waals surface area contributed by atoms with Gasteiger partial charge in [-0.3, -0.25) is 14.6 Å². The Balaban J connectivity index is 1.80. The SMILES string of the molecule is CC(=O)NCc1cccc(C2CCCN2C(=O)c2cccc(C)c2)n1. The molecule has 1 fully saturated rings. The number of benzene rings is 1. The van der Waals surface area contributed by atoms with Gasteiger partial charge in [-0.2, -0.15) is 0 Å². The van der Waals surface area contributed by atoms with E-state index >= 15 is 0 Å². The zero-order chi connectivity index (χ0) is 17.8. The number of likely N-dealkylation sites (tertiary alicyclic amines) is 1. The smallest absolute Gasteiger partial charge is 0.254 e. The molecule has 0 saturated carbocycles. The van der Waals surface area contributed by atoms with Crippen molar-refractivity contribution < 1.29 is 9.59 Å². The number of hydrogen-bond acceptors (Lipinski definition) is 3. The molecule has 0 radical (unpaired) electrons. The van der Waals surface area contributed by atoms with E-state index in [0.29, 0.717) is 6.54 Å². The summed E-state index contributed by atoms with van der Waals surface area (Å²) in [7, 11) is 0. The minimum Gasteiger partial charge on any atom is -0.351 e. The highest BCUT2D eigenvalue weighted by atomic mass is 16.2. The Bertz CT molecular complexity index is 788. The molecule has 5 heteroatoms. The average molecular weight is 337 g/mol. The summed E-state index contributed by atoms with van der Waals surface area (Å²) in [6, 6.07) is 13.5. The first-order valence-corrected chi connectivity index (χ1v) is 8.62. The van der Waals surface area contributed by atoms with Crippen LogP contribution in [0.3, 0.4) is 0 Å². The molecule has 0 aliphatic carbocycles. The molecule has 1 aromatic heterocycles. The van der Waals surface area contributed by atoms with Crippen molar-refractivity contribution in [3.8, 4) is 0 Å². The lowest BCUT2D eigenvalue weighted by atomic mass is 10.1. The summed E-state index contributed by atoms with van der Waals surface area (Å²) < 4.78 is 0. The molecule has 130 valence electrons. The molecule has 2 amide bonds. The number of aryl methyl sites for hydroxylation is 1. The first-order valence-electron chi connectivity index (χ1n) is 8.62. The highest BCUT2D eigenvalue weighted by molar-refractivity contribution is 5.94. The van der Waals surface area contributed by atoms with Crippen LogP contribution < -0.4 is 5.32 Å². The molecular weight excluding hydrogens is 314 g/mol. The monoisotopic (exact) mass is 337 g/mol. The zero-order valence-corrected chi connectivity index (χ0v) is 14.7. The van der Waals surface area contributed by atoms with Crippen molar-refractivity contribution in [1.82, 2.24) is 15.2 Å². The molecule has 1 N–H and O–H groups in total. The third-order valence-corrected chi connectivity index (χ3v) is 4.47. The Labute approximate surface area is 148 Å². The van der Waals surface area contributed by atoms with Gasteiger partial charge < -0.3 is 10.2 Å². The fourth-order valence-electron chi connectivity index (χ4n) is 3.26. The van der Waals surface area contributed by atoms with E-state index in [0.717, 1.165) is 41.9 Å². The molecule has 1 atom stereocenters. The average Bonchev–Trinajstić information content (AvgIpc) is 3.09. The molecule has 1 aromatic carbocycles. The standard InChI is InChI=1S/C20H23N3O2/c1-14-6-3-7-16(12-14)20(25)23-11-5-10-19(23)18-9-4-8-17(22-18)13-21-15(2)24/h3-4,6-9,12,19H,5,10-11,13H2,1-2H3,(H,21,24). The number of amides is 2. The van der Waals surface area contributed by atoms with E-state index in [1.54, 1.807) is 0 Å². The summed E-state index contributed by atoms with van der Waals surface area (Å²) in [4.78, 5) is 30.6. The van der Waals surface area contributed by atoms with Gasteiger partial charge >= 0.3 is 0 Å². The van der Waals surface area contributed by atoms with Crippen molar-refractivity contribution in [3.05, 3.63) is 65.0 Å². The van der Waals surface area contributed by atoms with Crippen LogP contribution in [0, 0.1) is 6.92 Å². The minimum atomic E-state index is -0.0793. The summed E-state index contributed by atoms with van der Waals surface area (Å²) in [5, 5.41) is 2.76. The van der Waals surface area contributed by atoms with Crippen LogP contribution in [0.1, 0.15) is 53.1 Å². The van der Waals surface area contributed by atoms with Crippen molar-refractivity contribution in [3.63, 3.8) is 0 Å². The number of hydrogen-bond donors (Lipinski definition) is 1. The number of aromatic nitrogens is 1. The largest absolute Gasteiger partial charge is 0.351 e. The first kappa shape index (κ1) is 17.1. The van der Waals surface area contributed by atoms with Crippen molar-refractivity contribution in [2.45, 2.75) is 39.3 Å². The van der Waals surface area contributed by atoms with Gasteiger partial charge in [0, 0.05) is 19.0 Å². The van der Waals surface area contributed by atoms with Gasteiger partial charge in [-0.05, 0) is 44.0 Å². The second-order valence-electron chi connectivity index (χ2n) is 6.49. The number of nitrogens with one attached hydrogen (secondary N) is 1. The Morgan fingerprint density at radius 1 is 1.24 bits per heavy atom. The topological polar surface area (TPSA) is 62.3 Å². The molecule has 2 aromatic rings. The van der Waals surface area contributed by atoms with Crippen LogP contribution in [0.15, 0.2) is 42.5 Å². The molecule has 3 rings (SSSR count). The maximum atomic E-state index is 12.9. The number of nitrogens with zero attached hydrogens (tertiary/aromatic N) is 2. The quantitative estimate of drug-likeness (QED) is 0.933. The first-order chi connectivity index (χ1) is 12.0. The number of pyridine rings is 1. The van der Waals surface area contributed by atoms with Gasteiger partial charge in [0.2, 0.25) is 5.91 Å². The van der Waals surface area contributed by atoms with Crippen LogP contribution in [-0.4, -0.2) is 28.2 Å². The lowest BCUT2D eigenvalue weighted by Gasteiger charge is -2.25. The summed E-state index contributed by atoms with van der Waals surface area (Å²) in [5.74, 6) is -0.0235. The fraction of sp³-hybridized carbons (Fsp3) is 0.350. The molecule has 5 nitrogen and oxygen atoms in total. The van der Waals surface area contributed by atoms with E-state index in [9.17, 15) is 9.59 Å². The summed E-state index contributed by atoms with van der Waals surface area (Å²) in [6.07, 6.45) is 1.88. The van der Waals surface area contributed by atoms with E-state index in [1.807, 2.05) is 54.3 Å². The summed E-state index contributed by atoms with van der Waals surface area (Å²) >= 11 is 0. The maximum absolute atomic E-state index is 12.9. The van der Waals surface area contributed by atoms with Crippen LogP contribution in [0.25, 0.3) is 0 Å². The number of rotatable bonds is 4. The molecule has 1 aliphatic rings. The fourth-order valence-corrected chi connectivity index (χ4v) is 3.26. The van der Waals surface area contributed by atoms with E-state index < -0.39 is 0 Å². The molecule has 2 heterocycles. The number of carbonyl (C=O) groups is 2. The van der Waals surface area contributed by atoms with Crippen LogP contribution >= 0.6 is 0 Å². The third-order valence-electron chi connectivity index (χ3n) is 4.47. The predicted molar refractivity (Wildman–Crippen MR) is 95.9 cm³/mol.